The van der Waals surface area contributed by atoms with E-state index in [1.807, 2.05) is 0 Å². The van der Waals surface area contributed by atoms with Crippen LogP contribution in [0.1, 0.15) is 80.9 Å². The van der Waals surface area contributed by atoms with Crippen molar-refractivity contribution in [1.82, 2.24) is 25.6 Å². The number of aryl methyl sites for hydroxylation is 1. The molecule has 1 aromatic carbocycles. The number of rotatable bonds is 8. The van der Waals surface area contributed by atoms with Crippen molar-refractivity contribution in [2.45, 2.75) is 83.9 Å². The topological polar surface area (TPSA) is 118 Å². The van der Waals surface area contributed by atoms with Crippen LogP contribution < -0.4 is 15.4 Å². The molecule has 2 saturated carbocycles. The summed E-state index contributed by atoms with van der Waals surface area (Å²) in [5, 5.41) is 5.94. The Bertz CT molecular complexity index is 1410. The first kappa shape index (κ1) is 27.8. The maximum absolute atomic E-state index is 13.6. The number of aromatic amines is 1. The van der Waals surface area contributed by atoms with Crippen molar-refractivity contribution in [3.63, 3.8) is 0 Å². The van der Waals surface area contributed by atoms with Gasteiger partial charge in [-0.05, 0) is 83.9 Å². The van der Waals surface area contributed by atoms with E-state index in [4.69, 9.17) is 9.47 Å². The third-order valence-corrected chi connectivity index (χ3v) is 7.17. The fourth-order valence-corrected chi connectivity index (χ4v) is 5.07. The largest absolute Gasteiger partial charge is 0.493 e. The summed E-state index contributed by atoms with van der Waals surface area (Å²) < 4.78 is 38.5. The van der Waals surface area contributed by atoms with Gasteiger partial charge in [0.15, 0.2) is 0 Å². The van der Waals surface area contributed by atoms with Gasteiger partial charge >= 0.3 is 6.09 Å². The molecule has 5 rings (SSSR count). The lowest BCUT2D eigenvalue weighted by molar-refractivity contribution is 0.0505. The van der Waals surface area contributed by atoms with Crippen LogP contribution in [0.5, 0.6) is 5.75 Å². The number of carbonyl (C=O) groups excluding carboxylic acids is 2. The minimum Gasteiger partial charge on any atom is -0.493 e. The Labute approximate surface area is 231 Å². The van der Waals surface area contributed by atoms with Gasteiger partial charge in [-0.1, -0.05) is 0 Å². The smallest absolute Gasteiger partial charge is 0.407 e. The minimum absolute atomic E-state index is 0.102. The second-order valence-corrected chi connectivity index (χ2v) is 11.7. The molecule has 40 heavy (non-hydrogen) atoms. The van der Waals surface area contributed by atoms with Gasteiger partial charge in [-0.2, -0.15) is 0 Å². The first-order chi connectivity index (χ1) is 19.0. The number of fused-ring (bicyclic) bond motifs is 1. The lowest BCUT2D eigenvalue weighted by Gasteiger charge is -2.21. The third-order valence-electron chi connectivity index (χ3n) is 7.17. The van der Waals surface area contributed by atoms with Crippen LogP contribution in [0.4, 0.5) is 13.6 Å². The van der Waals surface area contributed by atoms with E-state index >= 15 is 0 Å². The molecule has 0 spiro atoms. The Hall–Kier alpha value is -3.76. The van der Waals surface area contributed by atoms with Gasteiger partial charge in [0.1, 0.15) is 28.9 Å². The van der Waals surface area contributed by atoms with Crippen molar-refractivity contribution in [2.24, 2.45) is 5.92 Å². The lowest BCUT2D eigenvalue weighted by atomic mass is 10.0. The van der Waals surface area contributed by atoms with Crippen LogP contribution in [0.15, 0.2) is 24.5 Å². The molecule has 0 unspecified atom stereocenters. The zero-order valence-corrected chi connectivity index (χ0v) is 23.1. The number of amides is 2. The summed E-state index contributed by atoms with van der Waals surface area (Å²) in [5.41, 5.74) is 1.91. The molecule has 11 heteroatoms. The SMILES string of the molecule is Cc1[nH]c2c(-c3cc(C(F)F)ccc3OCC3CC3)ncnc2c1C(=O)N[C@H]1CC[C@H](NC(=O)OC(C)(C)C)C1. The Morgan fingerprint density at radius 3 is 2.50 bits per heavy atom. The van der Waals surface area contributed by atoms with Gasteiger partial charge in [0, 0.05) is 28.9 Å². The number of hydrogen-bond donors (Lipinski definition) is 3. The molecule has 2 fully saturated rings. The number of aromatic nitrogens is 3. The number of nitrogens with zero attached hydrogens (tertiary/aromatic N) is 2. The predicted octanol–water partition coefficient (Wildman–Crippen LogP) is 5.84. The average molecular weight is 556 g/mol. The number of alkyl carbamates (subject to hydrolysis) is 1. The first-order valence-electron chi connectivity index (χ1n) is 13.7. The number of alkyl halides is 2. The second kappa shape index (κ2) is 11.0. The number of H-pyrrole nitrogens is 1. The highest BCUT2D eigenvalue weighted by Gasteiger charge is 2.31. The molecule has 0 saturated heterocycles. The van der Waals surface area contributed by atoms with Crippen molar-refractivity contribution in [3.8, 4) is 17.0 Å². The average Bonchev–Trinajstić information content (AvgIpc) is 3.50. The van der Waals surface area contributed by atoms with Crippen LogP contribution in [0.25, 0.3) is 22.3 Å². The maximum Gasteiger partial charge on any atom is 0.407 e. The number of ether oxygens (including phenoxy) is 2. The standard InChI is InChI=1S/C29H35F2N5O4/c1-15-22(27(37)35-18-8-9-19(12-18)36-28(38)40-29(2,3)4)24-25(34-15)23(32-14-33-24)20-11-17(26(30)31)7-10-21(20)39-13-16-5-6-16/h7,10-11,14,16,18-19,26,34H,5-6,8-9,12-13H2,1-4H3,(H,35,37)(H,36,38)/t18-,19-/m0/s1. The van der Waals surface area contributed by atoms with Gasteiger partial charge in [0.05, 0.1) is 17.7 Å². The molecule has 0 aliphatic heterocycles. The van der Waals surface area contributed by atoms with E-state index in [-0.39, 0.29) is 23.6 Å². The fraction of sp³-hybridized carbons (Fsp3) is 0.517. The van der Waals surface area contributed by atoms with Crippen molar-refractivity contribution in [2.75, 3.05) is 6.61 Å². The lowest BCUT2D eigenvalue weighted by Crippen LogP contribution is -2.39. The van der Waals surface area contributed by atoms with Crippen LogP contribution in [0.2, 0.25) is 0 Å². The van der Waals surface area contributed by atoms with E-state index in [2.05, 4.69) is 25.6 Å². The molecule has 2 atom stereocenters. The molecule has 3 aromatic rings. The predicted molar refractivity (Wildman–Crippen MR) is 146 cm³/mol. The van der Waals surface area contributed by atoms with E-state index in [1.54, 1.807) is 33.8 Å². The summed E-state index contributed by atoms with van der Waals surface area (Å²) in [5.74, 6) is 0.637. The summed E-state index contributed by atoms with van der Waals surface area (Å²) in [6.07, 6.45) is 2.39. The third kappa shape index (κ3) is 6.34. The van der Waals surface area contributed by atoms with Crippen molar-refractivity contribution >= 4 is 23.0 Å². The highest BCUT2D eigenvalue weighted by molar-refractivity contribution is 6.09. The Kier molecular flexibility index (Phi) is 7.65. The van der Waals surface area contributed by atoms with Gasteiger partial charge in [-0.3, -0.25) is 4.79 Å². The molecule has 2 heterocycles. The van der Waals surface area contributed by atoms with E-state index in [0.29, 0.717) is 71.1 Å². The van der Waals surface area contributed by atoms with Crippen LogP contribution in [-0.4, -0.2) is 51.2 Å². The van der Waals surface area contributed by atoms with Gasteiger partial charge in [-0.25, -0.2) is 23.5 Å². The van der Waals surface area contributed by atoms with Crippen LogP contribution in [0.3, 0.4) is 0 Å². The second-order valence-electron chi connectivity index (χ2n) is 11.7. The van der Waals surface area contributed by atoms with Crippen molar-refractivity contribution in [3.05, 3.63) is 41.3 Å². The number of halogens is 2. The van der Waals surface area contributed by atoms with Gasteiger partial charge in [0.25, 0.3) is 12.3 Å². The molecule has 2 aromatic heterocycles. The number of hydrogen-bond acceptors (Lipinski definition) is 6. The number of benzene rings is 1. The fourth-order valence-electron chi connectivity index (χ4n) is 5.07. The summed E-state index contributed by atoms with van der Waals surface area (Å²) >= 11 is 0. The Balaban J connectivity index is 1.37. The Morgan fingerprint density at radius 2 is 1.82 bits per heavy atom. The van der Waals surface area contributed by atoms with Crippen LogP contribution >= 0.6 is 0 Å². The van der Waals surface area contributed by atoms with E-state index in [1.165, 1.54) is 18.5 Å². The number of carbonyl (C=O) groups is 2. The van der Waals surface area contributed by atoms with Gasteiger partial charge in [0.2, 0.25) is 0 Å². The van der Waals surface area contributed by atoms with Crippen molar-refractivity contribution < 1.29 is 27.8 Å². The highest BCUT2D eigenvalue weighted by atomic mass is 19.3. The summed E-state index contributed by atoms with van der Waals surface area (Å²) in [4.78, 5) is 37.6. The van der Waals surface area contributed by atoms with Crippen molar-refractivity contribution in [1.29, 1.82) is 0 Å². The molecule has 2 amide bonds. The molecule has 3 N–H and O–H groups in total. The van der Waals surface area contributed by atoms with Gasteiger partial charge < -0.3 is 25.1 Å². The molecule has 2 aliphatic rings. The zero-order valence-electron chi connectivity index (χ0n) is 23.1. The van der Waals surface area contributed by atoms with E-state index in [0.717, 1.165) is 12.8 Å². The number of nitrogens with one attached hydrogen (secondary N) is 3. The summed E-state index contributed by atoms with van der Waals surface area (Å²) in [6.45, 7) is 7.70. The molecule has 2 aliphatic carbocycles. The van der Waals surface area contributed by atoms with Gasteiger partial charge in [-0.15, -0.1) is 0 Å². The van der Waals surface area contributed by atoms with Crippen LogP contribution in [0, 0.1) is 12.8 Å². The maximum atomic E-state index is 13.6. The minimum atomic E-state index is -2.65. The summed E-state index contributed by atoms with van der Waals surface area (Å²) in [7, 11) is 0. The quantitative estimate of drug-likeness (QED) is 0.322. The molecular weight excluding hydrogens is 520 g/mol. The molecular formula is C29H35F2N5O4. The van der Waals surface area contributed by atoms with E-state index in [9.17, 15) is 18.4 Å². The first-order valence-corrected chi connectivity index (χ1v) is 13.7. The Morgan fingerprint density at radius 1 is 1.10 bits per heavy atom. The molecule has 0 radical (unpaired) electrons. The highest BCUT2D eigenvalue weighted by Crippen LogP contribution is 2.38. The summed E-state index contributed by atoms with van der Waals surface area (Å²) in [6, 6.07) is 4.07. The van der Waals surface area contributed by atoms with E-state index < -0.39 is 18.1 Å². The monoisotopic (exact) mass is 555 g/mol. The van der Waals surface area contributed by atoms with Crippen LogP contribution in [-0.2, 0) is 4.74 Å². The molecule has 0 bridgehead atoms. The normalized spacial score (nSPS) is 19.2. The molecule has 214 valence electrons. The molecule has 9 nitrogen and oxygen atoms in total. The zero-order chi connectivity index (χ0) is 28.6.